The van der Waals surface area contributed by atoms with E-state index in [-0.39, 0.29) is 5.41 Å². The highest BCUT2D eigenvalue weighted by atomic mass is 127. The fourth-order valence-corrected chi connectivity index (χ4v) is 3.86. The molecule has 19 heavy (non-hydrogen) atoms. The number of benzene rings is 1. The van der Waals surface area contributed by atoms with Crippen molar-refractivity contribution in [3.63, 3.8) is 0 Å². The zero-order valence-electron chi connectivity index (χ0n) is 11.1. The number of halogens is 2. The van der Waals surface area contributed by atoms with Gasteiger partial charge in [-0.15, -0.1) is 11.3 Å². The molecule has 0 aliphatic heterocycles. The Balaban J connectivity index is 2.36. The van der Waals surface area contributed by atoms with Crippen molar-refractivity contribution in [1.29, 1.82) is 0 Å². The Bertz CT molecular complexity index is 586. The van der Waals surface area contributed by atoms with Gasteiger partial charge in [-0.1, -0.05) is 36.7 Å². The Labute approximate surface area is 140 Å². The van der Waals surface area contributed by atoms with Crippen molar-refractivity contribution in [2.75, 3.05) is 0 Å². The lowest BCUT2D eigenvalue weighted by atomic mass is 9.95. The average molecular weight is 451 g/mol. The van der Waals surface area contributed by atoms with Crippen LogP contribution in [0.3, 0.4) is 0 Å². The fraction of sp³-hybridized carbons (Fsp3) is 0.333. The normalized spacial score (nSPS) is 13.6. The summed E-state index contributed by atoms with van der Waals surface area (Å²) in [4.78, 5) is 2.30. The third kappa shape index (κ3) is 3.60. The highest BCUT2D eigenvalue weighted by molar-refractivity contribution is 14.1. The van der Waals surface area contributed by atoms with E-state index in [0.717, 1.165) is 18.5 Å². The van der Waals surface area contributed by atoms with Gasteiger partial charge in [-0.3, -0.25) is 0 Å². The van der Waals surface area contributed by atoms with Gasteiger partial charge in [-0.2, -0.15) is 0 Å². The highest BCUT2D eigenvalue weighted by Gasteiger charge is 2.20. The first-order valence-electron chi connectivity index (χ1n) is 6.02. The molecule has 1 nitrogen and oxygen atoms in total. The quantitative estimate of drug-likeness (QED) is 0.599. The van der Waals surface area contributed by atoms with Crippen LogP contribution in [0.5, 0.6) is 0 Å². The summed E-state index contributed by atoms with van der Waals surface area (Å²) >= 11 is 7.42. The second kappa shape index (κ2) is 5.84. The lowest BCUT2D eigenvalue weighted by Crippen LogP contribution is -2.07. The van der Waals surface area contributed by atoms with Gasteiger partial charge in [0.15, 0.2) is 0 Å². The zero-order valence-corrected chi connectivity index (χ0v) is 15.6. The first-order valence-corrected chi connectivity index (χ1v) is 8.71. The number of rotatable bonds is 2. The van der Waals surface area contributed by atoms with Gasteiger partial charge in [-0.25, -0.2) is 0 Å². The Morgan fingerprint density at radius 2 is 1.89 bits per heavy atom. The number of hydrogen-bond donors (Lipinski definition) is 1. The van der Waals surface area contributed by atoms with Gasteiger partial charge in [0.2, 0.25) is 0 Å². The number of thiophene rings is 1. The predicted octanol–water partition coefficient (Wildman–Crippen LogP) is 5.49. The van der Waals surface area contributed by atoms with E-state index in [1.54, 1.807) is 11.3 Å². The standard InChI is InChI=1S/C15H16BrIOS/c1-15(2,3)13-7-6-12(19-13)14(18)10-8-9(16)4-5-11(10)17/h4-8,14,18H,1-3H3. The van der Waals surface area contributed by atoms with Gasteiger partial charge in [0.25, 0.3) is 0 Å². The first kappa shape index (κ1) is 15.5. The lowest BCUT2D eigenvalue weighted by molar-refractivity contribution is 0.223. The van der Waals surface area contributed by atoms with Crippen molar-refractivity contribution in [1.82, 2.24) is 0 Å². The summed E-state index contributed by atoms with van der Waals surface area (Å²) in [7, 11) is 0. The third-order valence-corrected chi connectivity index (χ3v) is 5.93. The van der Waals surface area contributed by atoms with E-state index in [9.17, 15) is 5.11 Å². The Hall–Kier alpha value is 0.0900. The molecular weight excluding hydrogens is 435 g/mol. The SMILES string of the molecule is CC(C)(C)c1ccc(C(O)c2cc(Br)ccc2I)s1. The maximum Gasteiger partial charge on any atom is 0.114 e. The van der Waals surface area contributed by atoms with E-state index in [1.807, 2.05) is 24.3 Å². The minimum absolute atomic E-state index is 0.132. The molecule has 102 valence electrons. The maximum atomic E-state index is 10.6. The van der Waals surface area contributed by atoms with Crippen LogP contribution in [0, 0.1) is 3.57 Å². The molecule has 1 aromatic carbocycles. The van der Waals surface area contributed by atoms with E-state index in [0.29, 0.717) is 0 Å². The largest absolute Gasteiger partial charge is 0.383 e. The molecule has 0 fully saturated rings. The number of aliphatic hydroxyl groups excluding tert-OH is 1. The first-order chi connectivity index (χ1) is 8.79. The van der Waals surface area contributed by atoms with Crippen LogP contribution in [-0.4, -0.2) is 5.11 Å². The van der Waals surface area contributed by atoms with Crippen LogP contribution >= 0.6 is 49.9 Å². The van der Waals surface area contributed by atoms with Crippen LogP contribution in [0.15, 0.2) is 34.8 Å². The van der Waals surface area contributed by atoms with Gasteiger partial charge >= 0.3 is 0 Å². The maximum absolute atomic E-state index is 10.6. The summed E-state index contributed by atoms with van der Waals surface area (Å²) in [5, 5.41) is 10.6. The molecular formula is C15H16BrIOS. The third-order valence-electron chi connectivity index (χ3n) is 2.89. The van der Waals surface area contributed by atoms with Crippen LogP contribution in [0.4, 0.5) is 0 Å². The Kier molecular flexibility index (Phi) is 4.75. The summed E-state index contributed by atoms with van der Waals surface area (Å²) in [6.07, 6.45) is -0.550. The summed E-state index contributed by atoms with van der Waals surface area (Å²) < 4.78 is 2.08. The van der Waals surface area contributed by atoms with E-state index in [4.69, 9.17) is 0 Å². The molecule has 1 unspecified atom stereocenters. The predicted molar refractivity (Wildman–Crippen MR) is 93.9 cm³/mol. The van der Waals surface area contributed by atoms with Gasteiger partial charge in [-0.05, 0) is 58.3 Å². The van der Waals surface area contributed by atoms with Gasteiger partial charge < -0.3 is 5.11 Å². The Morgan fingerprint density at radius 3 is 2.47 bits per heavy atom. The minimum atomic E-state index is -0.550. The average Bonchev–Trinajstić information content (AvgIpc) is 2.80. The molecule has 0 bridgehead atoms. The molecule has 1 heterocycles. The fourth-order valence-electron chi connectivity index (χ4n) is 1.78. The van der Waals surface area contributed by atoms with E-state index >= 15 is 0 Å². The summed E-state index contributed by atoms with van der Waals surface area (Å²) in [5.41, 5.74) is 1.09. The second-order valence-electron chi connectivity index (χ2n) is 5.52. The number of hydrogen-bond acceptors (Lipinski definition) is 2. The molecule has 0 aliphatic rings. The molecule has 2 aromatic rings. The van der Waals surface area contributed by atoms with E-state index in [1.165, 1.54) is 4.88 Å². The molecule has 0 radical (unpaired) electrons. The van der Waals surface area contributed by atoms with Crippen LogP contribution in [0.25, 0.3) is 0 Å². The molecule has 0 spiro atoms. The zero-order chi connectivity index (χ0) is 14.2. The van der Waals surface area contributed by atoms with Crippen LogP contribution < -0.4 is 0 Å². The van der Waals surface area contributed by atoms with Crippen molar-refractivity contribution >= 4 is 49.9 Å². The van der Waals surface area contributed by atoms with E-state index in [2.05, 4.69) is 65.4 Å². The van der Waals surface area contributed by atoms with Crippen molar-refractivity contribution in [2.24, 2.45) is 0 Å². The molecule has 1 atom stereocenters. The molecule has 4 heteroatoms. The topological polar surface area (TPSA) is 20.2 Å². The van der Waals surface area contributed by atoms with Crippen molar-refractivity contribution in [3.8, 4) is 0 Å². The lowest BCUT2D eigenvalue weighted by Gasteiger charge is -2.16. The van der Waals surface area contributed by atoms with Crippen molar-refractivity contribution in [3.05, 3.63) is 53.7 Å². The molecule has 1 aromatic heterocycles. The number of aliphatic hydroxyl groups is 1. The molecule has 0 amide bonds. The molecule has 1 N–H and O–H groups in total. The summed E-state index contributed by atoms with van der Waals surface area (Å²) in [5.74, 6) is 0. The summed E-state index contributed by atoms with van der Waals surface area (Å²) in [6.45, 7) is 6.58. The van der Waals surface area contributed by atoms with Crippen LogP contribution in [-0.2, 0) is 5.41 Å². The van der Waals surface area contributed by atoms with Gasteiger partial charge in [0.05, 0.1) is 0 Å². The van der Waals surface area contributed by atoms with E-state index < -0.39 is 6.10 Å². The minimum Gasteiger partial charge on any atom is -0.383 e. The molecule has 0 saturated heterocycles. The summed E-state index contributed by atoms with van der Waals surface area (Å²) in [6, 6.07) is 10.2. The van der Waals surface area contributed by atoms with Gasteiger partial charge in [0, 0.05) is 23.4 Å². The van der Waals surface area contributed by atoms with Crippen LogP contribution in [0.2, 0.25) is 0 Å². The monoisotopic (exact) mass is 450 g/mol. The molecule has 2 rings (SSSR count). The van der Waals surface area contributed by atoms with Gasteiger partial charge in [0.1, 0.15) is 6.10 Å². The van der Waals surface area contributed by atoms with Crippen LogP contribution in [0.1, 0.15) is 42.2 Å². The smallest absolute Gasteiger partial charge is 0.114 e. The van der Waals surface area contributed by atoms with Crippen molar-refractivity contribution in [2.45, 2.75) is 32.3 Å². The highest BCUT2D eigenvalue weighted by Crippen LogP contribution is 2.36. The molecule has 0 aliphatic carbocycles. The second-order valence-corrected chi connectivity index (χ2v) is 8.71. The van der Waals surface area contributed by atoms with Crippen molar-refractivity contribution < 1.29 is 5.11 Å². The molecule has 0 saturated carbocycles. The Morgan fingerprint density at radius 1 is 1.21 bits per heavy atom.